The van der Waals surface area contributed by atoms with Crippen molar-refractivity contribution >= 4 is 0 Å². The number of alkyl halides is 3. The molecular weight excluding hydrogens is 145 g/mol. The van der Waals surface area contributed by atoms with E-state index in [1.54, 1.807) is 0 Å². The monoisotopic (exact) mass is 155 g/mol. The molecule has 0 aliphatic heterocycles. The van der Waals surface area contributed by atoms with Gasteiger partial charge in [0.05, 0.1) is 0 Å². The summed E-state index contributed by atoms with van der Waals surface area (Å²) >= 11 is 0. The van der Waals surface area contributed by atoms with Crippen LogP contribution >= 0.6 is 0 Å². The van der Waals surface area contributed by atoms with E-state index in [1.807, 2.05) is 0 Å². The first kappa shape index (κ1) is 9.75. The van der Waals surface area contributed by atoms with E-state index in [0.29, 0.717) is 0 Å². The maximum atomic E-state index is 11.8. The van der Waals surface area contributed by atoms with Crippen molar-refractivity contribution in [3.63, 3.8) is 0 Å². The van der Waals surface area contributed by atoms with Gasteiger partial charge in [0.2, 0.25) is 0 Å². The summed E-state index contributed by atoms with van der Waals surface area (Å²) in [6.07, 6.45) is -4.13. The molecule has 0 aromatic carbocycles. The molecule has 0 saturated carbocycles. The zero-order chi connectivity index (χ0) is 8.41. The molecule has 4 heteroatoms. The average molecular weight is 155 g/mol. The molecule has 0 aliphatic carbocycles. The molecule has 0 bridgehead atoms. The van der Waals surface area contributed by atoms with Crippen LogP contribution < -0.4 is 0 Å². The largest absolute Gasteiger partial charge is 0.417 e. The van der Waals surface area contributed by atoms with Gasteiger partial charge < -0.3 is 5.11 Å². The van der Waals surface area contributed by atoms with E-state index in [2.05, 4.69) is 0 Å². The van der Waals surface area contributed by atoms with Crippen LogP contribution in [-0.2, 0) is 0 Å². The molecule has 1 unspecified atom stereocenters. The Kier molecular flexibility index (Phi) is 2.71. The fourth-order valence-electron chi connectivity index (χ4n) is 0.568. The highest BCUT2D eigenvalue weighted by Crippen LogP contribution is 2.34. The molecule has 0 heterocycles. The molecule has 1 radical (unpaired) electrons. The van der Waals surface area contributed by atoms with Crippen molar-refractivity contribution in [2.75, 3.05) is 0 Å². The molecule has 0 aromatic heterocycles. The second-order valence-electron chi connectivity index (χ2n) is 2.06. The normalized spacial score (nSPS) is 13.8. The molecule has 0 aromatic rings. The third-order valence-corrected chi connectivity index (χ3v) is 1.51. The molecule has 1 nitrogen and oxygen atoms in total. The lowest BCUT2D eigenvalue weighted by molar-refractivity contribution is -0.246. The molecule has 1 atom stereocenters. The topological polar surface area (TPSA) is 20.2 Å². The maximum Gasteiger partial charge on any atom is 0.417 e. The van der Waals surface area contributed by atoms with E-state index in [4.69, 9.17) is 5.11 Å². The average Bonchev–Trinajstić information content (AvgIpc) is 1.84. The Labute approximate surface area is 57.9 Å². The molecule has 61 valence electrons. The van der Waals surface area contributed by atoms with Gasteiger partial charge in [0.1, 0.15) is 0 Å². The molecule has 0 spiro atoms. The molecule has 1 N–H and O–H groups in total. The molecule has 0 aliphatic rings. The summed E-state index contributed by atoms with van der Waals surface area (Å²) in [6.45, 7) is 2.48. The van der Waals surface area contributed by atoms with Crippen LogP contribution in [0.25, 0.3) is 0 Å². The van der Waals surface area contributed by atoms with Crippen molar-refractivity contribution in [3.8, 4) is 0 Å². The van der Waals surface area contributed by atoms with Gasteiger partial charge in [-0.2, -0.15) is 13.2 Å². The Hall–Kier alpha value is -0.250. The summed E-state index contributed by atoms with van der Waals surface area (Å²) in [4.78, 5) is 0. The molecule has 10 heavy (non-hydrogen) atoms. The van der Waals surface area contributed by atoms with Gasteiger partial charge in [0.15, 0.2) is 5.60 Å². The zero-order valence-corrected chi connectivity index (χ0v) is 5.87. The predicted molar refractivity (Wildman–Crippen MR) is 31.3 cm³/mol. The maximum absolute atomic E-state index is 11.8. The number of rotatable bonds is 2. The van der Waals surface area contributed by atoms with E-state index in [0.717, 1.165) is 6.42 Å². The number of hydrogen-bond donors (Lipinski definition) is 1. The highest BCUT2D eigenvalue weighted by molar-refractivity contribution is 4.95. The van der Waals surface area contributed by atoms with E-state index in [9.17, 15) is 13.2 Å². The Morgan fingerprint density at radius 1 is 1.40 bits per heavy atom. The lowest BCUT2D eigenvalue weighted by atomic mass is 9.97. The lowest BCUT2D eigenvalue weighted by Crippen LogP contribution is -2.44. The minimum atomic E-state index is -4.55. The first-order chi connectivity index (χ1) is 4.37. The van der Waals surface area contributed by atoms with E-state index >= 15 is 0 Å². The van der Waals surface area contributed by atoms with Crippen LogP contribution in [0.2, 0.25) is 0 Å². The fourth-order valence-corrected chi connectivity index (χ4v) is 0.568. The number of halogens is 3. The predicted octanol–water partition coefficient (Wildman–Crippen LogP) is 1.91. The van der Waals surface area contributed by atoms with Gasteiger partial charge in [0, 0.05) is 0 Å². The van der Waals surface area contributed by atoms with Gasteiger partial charge >= 0.3 is 6.18 Å². The lowest BCUT2D eigenvalue weighted by Gasteiger charge is -2.27. The Morgan fingerprint density at radius 2 is 1.80 bits per heavy atom. The number of aliphatic hydroxyl groups is 1. The first-order valence-electron chi connectivity index (χ1n) is 2.97. The fraction of sp³-hybridized carbons (Fsp3) is 0.833. The highest BCUT2D eigenvalue weighted by Gasteiger charge is 2.50. The summed E-state index contributed by atoms with van der Waals surface area (Å²) in [7, 11) is 0. The molecular formula is C6H10F3O. The summed E-state index contributed by atoms with van der Waals surface area (Å²) in [5.41, 5.74) is -2.60. The van der Waals surface area contributed by atoms with Crippen LogP contribution in [0.1, 0.15) is 20.3 Å². The van der Waals surface area contributed by atoms with Crippen LogP contribution in [-0.4, -0.2) is 16.9 Å². The van der Waals surface area contributed by atoms with Crippen molar-refractivity contribution in [1.82, 2.24) is 0 Å². The van der Waals surface area contributed by atoms with Crippen molar-refractivity contribution in [1.29, 1.82) is 0 Å². The quantitative estimate of drug-likeness (QED) is 0.645. The first-order valence-corrected chi connectivity index (χ1v) is 2.97. The minimum absolute atomic E-state index is 0.340. The van der Waals surface area contributed by atoms with Crippen LogP contribution in [0.3, 0.4) is 0 Å². The summed E-state index contributed by atoms with van der Waals surface area (Å²) < 4.78 is 35.5. The van der Waals surface area contributed by atoms with Gasteiger partial charge in [-0.25, -0.2) is 0 Å². The zero-order valence-electron chi connectivity index (χ0n) is 5.87. The Balaban J connectivity index is 4.33. The summed E-state index contributed by atoms with van der Waals surface area (Å²) in [5.74, 6) is 0. The third-order valence-electron chi connectivity index (χ3n) is 1.51. The van der Waals surface area contributed by atoms with Crippen molar-refractivity contribution in [3.05, 3.63) is 6.42 Å². The van der Waals surface area contributed by atoms with Gasteiger partial charge in [-0.15, -0.1) is 0 Å². The molecule has 0 fully saturated rings. The second kappa shape index (κ2) is 2.78. The van der Waals surface area contributed by atoms with Gasteiger partial charge in [0.25, 0.3) is 0 Å². The van der Waals surface area contributed by atoms with Crippen molar-refractivity contribution in [2.45, 2.75) is 32.0 Å². The second-order valence-corrected chi connectivity index (χ2v) is 2.06. The summed E-state index contributed by atoms with van der Waals surface area (Å²) in [6, 6.07) is 0. The number of hydrogen-bond acceptors (Lipinski definition) is 1. The smallest absolute Gasteiger partial charge is 0.380 e. The van der Waals surface area contributed by atoms with E-state index in [1.165, 1.54) is 13.8 Å². The van der Waals surface area contributed by atoms with Gasteiger partial charge in [-0.3, -0.25) is 0 Å². The van der Waals surface area contributed by atoms with Crippen molar-refractivity contribution < 1.29 is 18.3 Å². The Bertz CT molecular complexity index is 104. The molecule has 0 saturated heterocycles. The van der Waals surface area contributed by atoms with E-state index in [-0.39, 0.29) is 6.42 Å². The van der Waals surface area contributed by atoms with Gasteiger partial charge in [-0.1, -0.05) is 13.8 Å². The SMILES string of the molecule is C[CH]C(O)(CC)C(F)(F)F. The Morgan fingerprint density at radius 3 is 1.80 bits per heavy atom. The minimum Gasteiger partial charge on any atom is -0.380 e. The summed E-state index contributed by atoms with van der Waals surface area (Å²) in [5, 5.41) is 8.78. The van der Waals surface area contributed by atoms with Crippen molar-refractivity contribution in [2.24, 2.45) is 0 Å². The molecule has 0 rings (SSSR count). The standard InChI is InChI=1S/C6H10F3O/c1-3-5(10,4-2)6(7,8)9/h3,10H,4H2,1-2H3. The highest BCUT2D eigenvalue weighted by atomic mass is 19.4. The molecule has 0 amide bonds. The van der Waals surface area contributed by atoms with Crippen LogP contribution in [0.5, 0.6) is 0 Å². The third kappa shape index (κ3) is 1.62. The van der Waals surface area contributed by atoms with E-state index < -0.39 is 11.8 Å². The van der Waals surface area contributed by atoms with Crippen LogP contribution in [0, 0.1) is 6.42 Å². The van der Waals surface area contributed by atoms with Crippen LogP contribution in [0.4, 0.5) is 13.2 Å². The van der Waals surface area contributed by atoms with Gasteiger partial charge in [-0.05, 0) is 12.8 Å². The van der Waals surface area contributed by atoms with Crippen LogP contribution in [0.15, 0.2) is 0 Å².